The van der Waals surface area contributed by atoms with Crippen LogP contribution in [-0.2, 0) is 32.6 Å². The van der Waals surface area contributed by atoms with Gasteiger partial charge in [0.25, 0.3) is 10.0 Å². The first kappa shape index (κ1) is 33.2. The molecule has 0 bridgehead atoms. The SMILES string of the molecule is CC[C@@H](C)NC(=O)[C@@H](Cc1ccccc1)N(Cc1cccc(OC)c1)C(=O)CN(c1ccc(F)cc1)S(=O)(=O)c1ccccc1. The molecule has 45 heavy (non-hydrogen) atoms. The molecule has 4 rings (SSSR count). The van der Waals surface area contributed by atoms with E-state index in [0.29, 0.717) is 17.7 Å². The van der Waals surface area contributed by atoms with Crippen LogP contribution in [0.3, 0.4) is 0 Å². The van der Waals surface area contributed by atoms with Crippen LogP contribution in [0.4, 0.5) is 10.1 Å². The summed E-state index contributed by atoms with van der Waals surface area (Å²) in [6.45, 7) is 3.21. The van der Waals surface area contributed by atoms with Crippen molar-refractivity contribution in [3.63, 3.8) is 0 Å². The molecule has 0 aliphatic heterocycles. The van der Waals surface area contributed by atoms with E-state index in [1.807, 2.05) is 50.2 Å². The van der Waals surface area contributed by atoms with Gasteiger partial charge in [-0.1, -0.05) is 67.6 Å². The molecule has 0 radical (unpaired) electrons. The van der Waals surface area contributed by atoms with Crippen molar-refractivity contribution in [1.29, 1.82) is 0 Å². The molecule has 0 fully saturated rings. The Morgan fingerprint density at radius 1 is 0.867 bits per heavy atom. The Bertz CT molecular complexity index is 1670. The fraction of sp³-hybridized carbons (Fsp3) is 0.257. The van der Waals surface area contributed by atoms with Crippen LogP contribution >= 0.6 is 0 Å². The van der Waals surface area contributed by atoms with Gasteiger partial charge < -0.3 is 15.0 Å². The van der Waals surface area contributed by atoms with Gasteiger partial charge in [0.1, 0.15) is 24.2 Å². The van der Waals surface area contributed by atoms with Crippen LogP contribution in [0.15, 0.2) is 114 Å². The highest BCUT2D eigenvalue weighted by Crippen LogP contribution is 2.26. The number of carbonyl (C=O) groups excluding carboxylic acids is 2. The van der Waals surface area contributed by atoms with Crippen molar-refractivity contribution in [2.45, 2.75) is 50.2 Å². The molecular formula is C35H38FN3O5S. The first-order valence-corrected chi connectivity index (χ1v) is 16.2. The molecule has 0 aromatic heterocycles. The molecule has 2 atom stereocenters. The Morgan fingerprint density at radius 3 is 2.11 bits per heavy atom. The summed E-state index contributed by atoms with van der Waals surface area (Å²) >= 11 is 0. The molecule has 236 valence electrons. The highest BCUT2D eigenvalue weighted by Gasteiger charge is 2.35. The molecule has 0 saturated heterocycles. The number of sulfonamides is 1. The Morgan fingerprint density at radius 2 is 1.49 bits per heavy atom. The van der Waals surface area contributed by atoms with E-state index in [-0.39, 0.29) is 35.5 Å². The van der Waals surface area contributed by atoms with Crippen LogP contribution in [0.25, 0.3) is 0 Å². The summed E-state index contributed by atoms with van der Waals surface area (Å²) in [6.07, 6.45) is 0.877. The van der Waals surface area contributed by atoms with Gasteiger partial charge in [0.15, 0.2) is 0 Å². The van der Waals surface area contributed by atoms with Gasteiger partial charge in [-0.25, -0.2) is 12.8 Å². The normalized spacial score (nSPS) is 12.5. The number of halogens is 1. The Kier molecular flexibility index (Phi) is 11.3. The van der Waals surface area contributed by atoms with Gasteiger partial charge in [-0.15, -0.1) is 0 Å². The molecule has 0 unspecified atom stereocenters. The summed E-state index contributed by atoms with van der Waals surface area (Å²) in [7, 11) is -2.73. The maximum atomic E-state index is 14.5. The monoisotopic (exact) mass is 631 g/mol. The van der Waals surface area contributed by atoms with E-state index >= 15 is 0 Å². The molecule has 0 aliphatic rings. The van der Waals surface area contributed by atoms with E-state index in [9.17, 15) is 22.4 Å². The summed E-state index contributed by atoms with van der Waals surface area (Å²) < 4.78 is 48.2. The average Bonchev–Trinajstić information content (AvgIpc) is 3.06. The highest BCUT2D eigenvalue weighted by molar-refractivity contribution is 7.92. The minimum Gasteiger partial charge on any atom is -0.497 e. The van der Waals surface area contributed by atoms with E-state index in [1.54, 1.807) is 36.4 Å². The average molecular weight is 632 g/mol. The van der Waals surface area contributed by atoms with Crippen LogP contribution in [0.2, 0.25) is 0 Å². The Labute approximate surface area is 264 Å². The van der Waals surface area contributed by atoms with Crippen LogP contribution in [-0.4, -0.2) is 50.9 Å². The van der Waals surface area contributed by atoms with E-state index < -0.39 is 34.3 Å². The highest BCUT2D eigenvalue weighted by atomic mass is 32.2. The van der Waals surface area contributed by atoms with E-state index in [1.165, 1.54) is 36.3 Å². The van der Waals surface area contributed by atoms with Gasteiger partial charge in [0.2, 0.25) is 11.8 Å². The molecule has 0 spiro atoms. The van der Waals surface area contributed by atoms with Gasteiger partial charge in [-0.05, 0) is 73.0 Å². The third kappa shape index (κ3) is 8.69. The lowest BCUT2D eigenvalue weighted by Gasteiger charge is -2.34. The molecule has 10 heteroatoms. The summed E-state index contributed by atoms with van der Waals surface area (Å²) in [4.78, 5) is 29.7. The number of carbonyl (C=O) groups is 2. The lowest BCUT2D eigenvalue weighted by atomic mass is 10.0. The standard InChI is InChI=1S/C35H38FN3O5S/c1-4-26(2)37-35(41)33(23-27-12-7-5-8-13-27)38(24-28-14-11-15-31(22-28)44-3)34(40)25-39(30-20-18-29(36)19-21-30)45(42,43)32-16-9-6-10-17-32/h5-22,26,33H,4,23-25H2,1-3H3,(H,37,41)/t26-,33-/m1/s1. The zero-order valence-corrected chi connectivity index (χ0v) is 26.4. The second-order valence-electron chi connectivity index (χ2n) is 10.7. The topological polar surface area (TPSA) is 96.0 Å². The number of nitrogens with one attached hydrogen (secondary N) is 1. The third-order valence-corrected chi connectivity index (χ3v) is 9.27. The quantitative estimate of drug-likeness (QED) is 0.196. The predicted molar refractivity (Wildman–Crippen MR) is 173 cm³/mol. The van der Waals surface area contributed by atoms with Gasteiger partial charge in [0.05, 0.1) is 17.7 Å². The molecule has 0 aliphatic carbocycles. The number of nitrogens with zero attached hydrogens (tertiary/aromatic N) is 2. The van der Waals surface area contributed by atoms with Crippen molar-refractivity contribution < 1.29 is 27.1 Å². The fourth-order valence-electron chi connectivity index (χ4n) is 4.82. The van der Waals surface area contributed by atoms with Gasteiger partial charge >= 0.3 is 0 Å². The lowest BCUT2D eigenvalue weighted by molar-refractivity contribution is -0.140. The Balaban J connectivity index is 1.81. The molecule has 8 nitrogen and oxygen atoms in total. The second kappa shape index (κ2) is 15.3. The number of anilines is 1. The van der Waals surface area contributed by atoms with E-state index in [0.717, 1.165) is 22.0 Å². The molecular weight excluding hydrogens is 593 g/mol. The minimum atomic E-state index is -4.26. The zero-order chi connectivity index (χ0) is 32.4. The number of amides is 2. The molecule has 2 amide bonds. The van der Waals surface area contributed by atoms with Crippen LogP contribution < -0.4 is 14.4 Å². The van der Waals surface area contributed by atoms with Gasteiger partial charge in [-0.3, -0.25) is 13.9 Å². The maximum absolute atomic E-state index is 14.5. The van der Waals surface area contributed by atoms with Crippen molar-refractivity contribution in [1.82, 2.24) is 10.2 Å². The lowest BCUT2D eigenvalue weighted by Crippen LogP contribution is -2.54. The second-order valence-corrected chi connectivity index (χ2v) is 12.6. The number of ether oxygens (including phenoxy) is 1. The van der Waals surface area contributed by atoms with Crippen LogP contribution in [0, 0.1) is 5.82 Å². The predicted octanol–water partition coefficient (Wildman–Crippen LogP) is 5.58. The maximum Gasteiger partial charge on any atom is 0.264 e. The summed E-state index contributed by atoms with van der Waals surface area (Å²) in [5.74, 6) is -0.944. The van der Waals surface area contributed by atoms with E-state index in [4.69, 9.17) is 4.74 Å². The molecule has 1 N–H and O–H groups in total. The number of rotatable bonds is 14. The first-order chi connectivity index (χ1) is 21.6. The first-order valence-electron chi connectivity index (χ1n) is 14.7. The van der Waals surface area contributed by atoms with Crippen LogP contribution in [0.5, 0.6) is 5.75 Å². The fourth-order valence-corrected chi connectivity index (χ4v) is 6.25. The molecule has 4 aromatic rings. The van der Waals surface area contributed by atoms with Gasteiger partial charge in [-0.2, -0.15) is 0 Å². The zero-order valence-electron chi connectivity index (χ0n) is 25.6. The van der Waals surface area contributed by atoms with E-state index in [2.05, 4.69) is 5.32 Å². The number of hydrogen-bond acceptors (Lipinski definition) is 5. The summed E-state index contributed by atoms with van der Waals surface area (Å²) in [5.41, 5.74) is 1.63. The molecule has 0 heterocycles. The number of hydrogen-bond donors (Lipinski definition) is 1. The number of methoxy groups -OCH3 is 1. The minimum absolute atomic E-state index is 0.00407. The van der Waals surface area contributed by atoms with Crippen LogP contribution in [0.1, 0.15) is 31.4 Å². The van der Waals surface area contributed by atoms with Crippen molar-refractivity contribution >= 4 is 27.5 Å². The number of benzene rings is 4. The Hall–Kier alpha value is -4.70. The van der Waals surface area contributed by atoms with Crippen molar-refractivity contribution in [3.05, 3.63) is 126 Å². The summed E-state index contributed by atoms with van der Waals surface area (Å²) in [6, 6.07) is 28.0. The van der Waals surface area contributed by atoms with Crippen molar-refractivity contribution in [3.8, 4) is 5.75 Å². The largest absolute Gasteiger partial charge is 0.497 e. The molecule has 0 saturated carbocycles. The smallest absolute Gasteiger partial charge is 0.264 e. The van der Waals surface area contributed by atoms with Crippen molar-refractivity contribution in [2.75, 3.05) is 18.0 Å². The molecule has 4 aromatic carbocycles. The third-order valence-electron chi connectivity index (χ3n) is 7.48. The van der Waals surface area contributed by atoms with Gasteiger partial charge in [0, 0.05) is 19.0 Å². The van der Waals surface area contributed by atoms with Crippen molar-refractivity contribution in [2.24, 2.45) is 0 Å². The summed E-state index contributed by atoms with van der Waals surface area (Å²) in [5, 5.41) is 3.01.